The van der Waals surface area contributed by atoms with Gasteiger partial charge in [-0.1, -0.05) is 30.4 Å². The molecule has 0 aliphatic carbocycles. The van der Waals surface area contributed by atoms with Gasteiger partial charge in [-0.25, -0.2) is 0 Å². The fourth-order valence-electron chi connectivity index (χ4n) is 1.38. The van der Waals surface area contributed by atoms with Gasteiger partial charge >= 0.3 is 0 Å². The highest BCUT2D eigenvalue weighted by atomic mass is 35.5. The zero-order chi connectivity index (χ0) is 9.97. The van der Waals surface area contributed by atoms with Crippen molar-refractivity contribution in [3.63, 3.8) is 0 Å². The minimum atomic E-state index is -0.353. The molecular weight excluding hydrogens is 214 g/mol. The van der Waals surface area contributed by atoms with Crippen molar-refractivity contribution >= 4 is 24.4 Å². The molecule has 0 spiro atoms. The van der Waals surface area contributed by atoms with Gasteiger partial charge in [0, 0.05) is 5.56 Å². The van der Waals surface area contributed by atoms with E-state index < -0.39 is 0 Å². The van der Waals surface area contributed by atoms with Crippen molar-refractivity contribution in [2.24, 2.45) is 11.7 Å². The Morgan fingerprint density at radius 2 is 2.13 bits per heavy atom. The molecule has 1 aromatic carbocycles. The molecule has 1 aliphatic rings. The van der Waals surface area contributed by atoms with Gasteiger partial charge in [0.25, 0.3) is 0 Å². The topological polar surface area (TPSA) is 52.3 Å². The second kappa shape index (κ2) is 4.84. The smallest absolute Gasteiger partial charge is 0.227 e. The molecule has 1 atom stereocenters. The summed E-state index contributed by atoms with van der Waals surface area (Å²) >= 11 is 0. The van der Waals surface area contributed by atoms with Crippen LogP contribution < -0.4 is 10.5 Å². The maximum absolute atomic E-state index is 10.9. The van der Waals surface area contributed by atoms with Crippen molar-refractivity contribution in [1.29, 1.82) is 0 Å². The van der Waals surface area contributed by atoms with E-state index in [-0.39, 0.29) is 24.2 Å². The first kappa shape index (κ1) is 11.6. The van der Waals surface area contributed by atoms with E-state index in [1.807, 2.05) is 30.3 Å². The molecular formula is C11H12ClNO2. The Balaban J connectivity index is 0.00000112. The van der Waals surface area contributed by atoms with Gasteiger partial charge in [-0.3, -0.25) is 4.79 Å². The number of hydrogen-bond acceptors (Lipinski definition) is 2. The monoisotopic (exact) mass is 225 g/mol. The summed E-state index contributed by atoms with van der Waals surface area (Å²) in [5.74, 6) is 0.115. The quantitative estimate of drug-likeness (QED) is 0.790. The van der Waals surface area contributed by atoms with Gasteiger partial charge < -0.3 is 10.5 Å². The molecule has 4 heteroatoms. The van der Waals surface area contributed by atoms with Gasteiger partial charge in [0.05, 0.1) is 5.92 Å². The van der Waals surface area contributed by atoms with Crippen LogP contribution in [0.3, 0.4) is 0 Å². The van der Waals surface area contributed by atoms with E-state index in [1.165, 1.54) is 0 Å². The summed E-state index contributed by atoms with van der Waals surface area (Å²) in [5.41, 5.74) is 6.18. The molecule has 1 heterocycles. The van der Waals surface area contributed by atoms with Crippen LogP contribution in [0.4, 0.5) is 0 Å². The average molecular weight is 226 g/mol. The number of benzene rings is 1. The van der Waals surface area contributed by atoms with Crippen molar-refractivity contribution in [3.05, 3.63) is 35.9 Å². The molecule has 1 aliphatic heterocycles. The minimum absolute atomic E-state index is 0. The Kier molecular flexibility index (Phi) is 3.74. The van der Waals surface area contributed by atoms with Crippen molar-refractivity contribution in [2.75, 3.05) is 6.61 Å². The third kappa shape index (κ3) is 2.50. The molecule has 0 radical (unpaired) electrons. The maximum atomic E-state index is 10.9. The van der Waals surface area contributed by atoms with Crippen LogP contribution in [0.25, 0.3) is 6.08 Å². The first-order valence-corrected chi connectivity index (χ1v) is 4.47. The highest BCUT2D eigenvalue weighted by Gasteiger charge is 2.16. The molecule has 0 saturated carbocycles. The third-order valence-corrected chi connectivity index (χ3v) is 2.21. The highest BCUT2D eigenvalue weighted by molar-refractivity contribution is 5.85. The van der Waals surface area contributed by atoms with E-state index in [1.54, 1.807) is 6.08 Å². The van der Waals surface area contributed by atoms with E-state index in [0.717, 1.165) is 11.3 Å². The lowest BCUT2D eigenvalue weighted by Crippen LogP contribution is -2.26. The predicted octanol–water partition coefficient (Wildman–Crippen LogP) is 1.62. The second-order valence-electron chi connectivity index (χ2n) is 3.22. The lowest BCUT2D eigenvalue weighted by Gasteiger charge is -2.08. The van der Waals surface area contributed by atoms with Crippen LogP contribution in [0.1, 0.15) is 5.56 Å². The number of halogens is 1. The van der Waals surface area contributed by atoms with E-state index >= 15 is 0 Å². The van der Waals surface area contributed by atoms with Gasteiger partial charge in [0.15, 0.2) is 0 Å². The molecule has 1 amide bonds. The summed E-state index contributed by atoms with van der Waals surface area (Å²) < 4.78 is 5.46. The molecule has 0 bridgehead atoms. The molecule has 80 valence electrons. The summed E-state index contributed by atoms with van der Waals surface area (Å²) in [6, 6.07) is 7.65. The minimum Gasteiger partial charge on any atom is -0.492 e. The molecule has 3 nitrogen and oxygen atoms in total. The zero-order valence-electron chi connectivity index (χ0n) is 8.05. The molecule has 2 N–H and O–H groups in total. The van der Waals surface area contributed by atoms with E-state index in [2.05, 4.69) is 0 Å². The van der Waals surface area contributed by atoms with Gasteiger partial charge in [-0.05, 0) is 6.07 Å². The number of para-hydroxylation sites is 1. The van der Waals surface area contributed by atoms with E-state index in [0.29, 0.717) is 6.61 Å². The number of amides is 1. The van der Waals surface area contributed by atoms with E-state index in [4.69, 9.17) is 10.5 Å². The third-order valence-electron chi connectivity index (χ3n) is 2.21. The Bertz CT molecular complexity index is 390. The molecule has 0 fully saturated rings. The second-order valence-corrected chi connectivity index (χ2v) is 3.22. The normalized spacial score (nSPS) is 18.0. The fourth-order valence-corrected chi connectivity index (χ4v) is 1.38. The SMILES string of the molecule is Cl.NC(=O)C1C=Cc2ccccc2OC1. The van der Waals surface area contributed by atoms with Crippen molar-refractivity contribution in [3.8, 4) is 5.75 Å². The number of ether oxygens (including phenoxy) is 1. The molecule has 15 heavy (non-hydrogen) atoms. The Labute approximate surface area is 94.3 Å². The van der Waals surface area contributed by atoms with Crippen LogP contribution in [-0.2, 0) is 4.79 Å². The lowest BCUT2D eigenvalue weighted by molar-refractivity contribution is -0.121. The number of carbonyl (C=O) groups excluding carboxylic acids is 1. The van der Waals surface area contributed by atoms with Gasteiger partial charge in [-0.2, -0.15) is 0 Å². The van der Waals surface area contributed by atoms with Gasteiger partial charge in [0.1, 0.15) is 12.4 Å². The summed E-state index contributed by atoms with van der Waals surface area (Å²) in [5, 5.41) is 0. The molecule has 1 unspecified atom stereocenters. The standard InChI is InChI=1S/C11H11NO2.ClH/c12-11(13)9-6-5-8-3-1-2-4-10(8)14-7-9;/h1-6,9H,7H2,(H2,12,13);1H. The van der Waals surface area contributed by atoms with Crippen molar-refractivity contribution < 1.29 is 9.53 Å². The molecule has 0 aromatic heterocycles. The number of hydrogen-bond donors (Lipinski definition) is 1. The average Bonchev–Trinajstić information content (AvgIpc) is 2.39. The summed E-state index contributed by atoms with van der Waals surface area (Å²) in [4.78, 5) is 10.9. The number of fused-ring (bicyclic) bond motifs is 1. The Morgan fingerprint density at radius 1 is 1.40 bits per heavy atom. The summed E-state index contributed by atoms with van der Waals surface area (Å²) in [6.45, 7) is 0.322. The largest absolute Gasteiger partial charge is 0.492 e. The molecule has 2 rings (SSSR count). The first-order valence-electron chi connectivity index (χ1n) is 4.47. The van der Waals surface area contributed by atoms with Gasteiger partial charge in [-0.15, -0.1) is 12.4 Å². The first-order chi connectivity index (χ1) is 6.77. The maximum Gasteiger partial charge on any atom is 0.227 e. The number of primary amides is 1. The van der Waals surface area contributed by atoms with Crippen LogP contribution in [0.15, 0.2) is 30.3 Å². The predicted molar refractivity (Wildman–Crippen MR) is 60.9 cm³/mol. The fraction of sp³-hybridized carbons (Fsp3) is 0.182. The summed E-state index contributed by atoms with van der Waals surface area (Å²) in [7, 11) is 0. The molecule has 0 saturated heterocycles. The van der Waals surface area contributed by atoms with Gasteiger partial charge in [0.2, 0.25) is 5.91 Å². The van der Waals surface area contributed by atoms with Crippen molar-refractivity contribution in [2.45, 2.75) is 0 Å². The van der Waals surface area contributed by atoms with E-state index in [9.17, 15) is 4.79 Å². The highest BCUT2D eigenvalue weighted by Crippen LogP contribution is 2.23. The number of carbonyl (C=O) groups is 1. The Hall–Kier alpha value is -1.48. The van der Waals surface area contributed by atoms with Crippen molar-refractivity contribution in [1.82, 2.24) is 0 Å². The number of rotatable bonds is 1. The number of nitrogens with two attached hydrogens (primary N) is 1. The Morgan fingerprint density at radius 3 is 2.87 bits per heavy atom. The zero-order valence-corrected chi connectivity index (χ0v) is 8.87. The van der Waals surface area contributed by atoms with Crippen LogP contribution >= 0.6 is 12.4 Å². The van der Waals surface area contributed by atoms with Crippen LogP contribution in [0.5, 0.6) is 5.75 Å². The van der Waals surface area contributed by atoms with Crippen LogP contribution in [0.2, 0.25) is 0 Å². The molecule has 1 aromatic rings. The van der Waals surface area contributed by atoms with Crippen LogP contribution in [-0.4, -0.2) is 12.5 Å². The summed E-state index contributed by atoms with van der Waals surface area (Å²) in [6.07, 6.45) is 3.66. The lowest BCUT2D eigenvalue weighted by atomic mass is 10.1. The van der Waals surface area contributed by atoms with Crippen LogP contribution in [0, 0.1) is 5.92 Å².